The van der Waals surface area contributed by atoms with Gasteiger partial charge in [-0.25, -0.2) is 0 Å². The van der Waals surface area contributed by atoms with Gasteiger partial charge in [-0.05, 0) is 62.2 Å². The molecule has 146 valence electrons. The highest BCUT2D eigenvalue weighted by Gasteiger charge is 2.14. The van der Waals surface area contributed by atoms with Crippen molar-refractivity contribution < 1.29 is 23.5 Å². The van der Waals surface area contributed by atoms with Crippen molar-refractivity contribution in [2.75, 3.05) is 6.61 Å². The second kappa shape index (κ2) is 8.17. The van der Waals surface area contributed by atoms with Crippen molar-refractivity contribution in [3.8, 4) is 5.75 Å². The van der Waals surface area contributed by atoms with Crippen LogP contribution in [0.25, 0.3) is 11.0 Å². The molecule has 6 heteroatoms. The molecule has 0 saturated heterocycles. The number of amides is 1. The summed E-state index contributed by atoms with van der Waals surface area (Å²) in [5, 5.41) is 1.01. The summed E-state index contributed by atoms with van der Waals surface area (Å²) >= 11 is 0. The number of nitrogens with two attached hydrogens (primary N) is 1. The van der Waals surface area contributed by atoms with Gasteiger partial charge in [0, 0.05) is 16.5 Å². The number of ether oxygens (including phenoxy) is 2. The van der Waals surface area contributed by atoms with E-state index in [1.807, 2.05) is 32.0 Å². The summed E-state index contributed by atoms with van der Waals surface area (Å²) in [5.74, 6) is 0.372. The number of hydrogen-bond donors (Lipinski definition) is 1. The quantitative estimate of drug-likeness (QED) is 0.628. The predicted octanol–water partition coefficient (Wildman–Crippen LogP) is 3.83. The Morgan fingerprint density at radius 3 is 2.61 bits per heavy atom. The van der Waals surface area contributed by atoms with Crippen molar-refractivity contribution in [3.05, 3.63) is 64.4 Å². The predicted molar refractivity (Wildman–Crippen MR) is 105 cm³/mol. The van der Waals surface area contributed by atoms with Gasteiger partial charge in [-0.1, -0.05) is 6.07 Å². The number of carbonyl (C=O) groups excluding carboxylic acids is 2. The number of fused-ring (bicyclic) bond motifs is 1. The third-order valence-corrected chi connectivity index (χ3v) is 4.37. The monoisotopic (exact) mass is 381 g/mol. The van der Waals surface area contributed by atoms with E-state index in [9.17, 15) is 9.59 Å². The Kier molecular flexibility index (Phi) is 5.68. The molecule has 0 atom stereocenters. The van der Waals surface area contributed by atoms with Gasteiger partial charge in [-0.15, -0.1) is 0 Å². The van der Waals surface area contributed by atoms with Crippen LogP contribution < -0.4 is 10.5 Å². The molecule has 6 nitrogen and oxygen atoms in total. The highest BCUT2D eigenvalue weighted by Crippen LogP contribution is 2.27. The lowest BCUT2D eigenvalue weighted by Gasteiger charge is -2.13. The molecule has 0 aliphatic heterocycles. The molecule has 0 saturated carbocycles. The second-order valence-electron chi connectivity index (χ2n) is 6.65. The third kappa shape index (κ3) is 4.34. The summed E-state index contributed by atoms with van der Waals surface area (Å²) in [5.41, 5.74) is 9.17. The van der Waals surface area contributed by atoms with E-state index >= 15 is 0 Å². The van der Waals surface area contributed by atoms with Gasteiger partial charge in [0.05, 0.1) is 13.0 Å². The normalized spacial score (nSPS) is 10.8. The Labute approximate surface area is 163 Å². The van der Waals surface area contributed by atoms with Crippen LogP contribution in [0.3, 0.4) is 0 Å². The van der Waals surface area contributed by atoms with Crippen molar-refractivity contribution in [2.24, 2.45) is 5.73 Å². The van der Waals surface area contributed by atoms with Crippen LogP contribution in [0.2, 0.25) is 0 Å². The van der Waals surface area contributed by atoms with Crippen molar-refractivity contribution in [1.82, 2.24) is 0 Å². The molecule has 0 fully saturated rings. The van der Waals surface area contributed by atoms with Crippen LogP contribution in [-0.2, 0) is 22.6 Å². The molecule has 0 unspecified atom stereocenters. The lowest BCUT2D eigenvalue weighted by atomic mass is 10.1. The summed E-state index contributed by atoms with van der Waals surface area (Å²) in [7, 11) is 0. The molecule has 2 aromatic carbocycles. The van der Waals surface area contributed by atoms with Gasteiger partial charge in [0.15, 0.2) is 0 Å². The molecule has 0 aliphatic rings. The van der Waals surface area contributed by atoms with Crippen LogP contribution in [0.15, 0.2) is 40.8 Å². The zero-order valence-corrected chi connectivity index (χ0v) is 16.2. The van der Waals surface area contributed by atoms with Gasteiger partial charge >= 0.3 is 5.97 Å². The molecule has 1 heterocycles. The Morgan fingerprint density at radius 1 is 1.11 bits per heavy atom. The summed E-state index contributed by atoms with van der Waals surface area (Å²) in [6.07, 6.45) is 0.0567. The molecule has 0 spiro atoms. The number of esters is 1. The van der Waals surface area contributed by atoms with E-state index in [4.69, 9.17) is 19.6 Å². The Balaban J connectivity index is 1.86. The first-order valence-electron chi connectivity index (χ1n) is 9.08. The molecule has 0 radical (unpaired) electrons. The lowest BCUT2D eigenvalue weighted by molar-refractivity contribution is -0.142. The van der Waals surface area contributed by atoms with E-state index in [1.165, 1.54) is 0 Å². The van der Waals surface area contributed by atoms with Gasteiger partial charge in [0.1, 0.15) is 23.7 Å². The zero-order valence-electron chi connectivity index (χ0n) is 16.2. The smallest absolute Gasteiger partial charge is 0.310 e. The van der Waals surface area contributed by atoms with E-state index in [1.54, 1.807) is 25.1 Å². The molecule has 3 aromatic rings. The number of carbonyl (C=O) groups is 2. The van der Waals surface area contributed by atoms with Gasteiger partial charge in [0.25, 0.3) is 0 Å². The Hall–Kier alpha value is -3.28. The summed E-state index contributed by atoms with van der Waals surface area (Å²) in [6, 6.07) is 10.8. The van der Waals surface area contributed by atoms with Crippen molar-refractivity contribution in [1.29, 1.82) is 0 Å². The molecule has 28 heavy (non-hydrogen) atoms. The largest absolute Gasteiger partial charge is 0.489 e. The van der Waals surface area contributed by atoms with Crippen molar-refractivity contribution in [3.63, 3.8) is 0 Å². The van der Waals surface area contributed by atoms with Crippen LogP contribution in [0, 0.1) is 13.8 Å². The first kappa shape index (κ1) is 19.5. The Morgan fingerprint density at radius 2 is 1.89 bits per heavy atom. The minimum Gasteiger partial charge on any atom is -0.489 e. The minimum atomic E-state index is -0.557. The summed E-state index contributed by atoms with van der Waals surface area (Å²) < 4.78 is 16.7. The van der Waals surface area contributed by atoms with Gasteiger partial charge in [0.2, 0.25) is 5.91 Å². The molecule has 0 bridgehead atoms. The van der Waals surface area contributed by atoms with Crippen LogP contribution in [0.5, 0.6) is 5.75 Å². The molecule has 1 aromatic heterocycles. The van der Waals surface area contributed by atoms with E-state index in [0.717, 1.165) is 27.9 Å². The second-order valence-corrected chi connectivity index (χ2v) is 6.65. The standard InChI is InChI=1S/C22H23NO5/c1-4-26-20(24)11-16-5-6-17(22(23)25)10-19(16)27-12-15-7-13(2)21-18(9-15)8-14(3)28-21/h5-10H,4,11-12H2,1-3H3,(H2,23,25). The number of rotatable bonds is 7. The van der Waals surface area contributed by atoms with E-state index in [-0.39, 0.29) is 19.0 Å². The molecular formula is C22H23NO5. The molecular weight excluding hydrogens is 358 g/mol. The first-order chi connectivity index (χ1) is 13.4. The maximum atomic E-state index is 11.9. The highest BCUT2D eigenvalue weighted by molar-refractivity contribution is 5.93. The number of hydrogen-bond acceptors (Lipinski definition) is 5. The van der Waals surface area contributed by atoms with E-state index in [0.29, 0.717) is 23.5 Å². The number of furan rings is 1. The zero-order chi connectivity index (χ0) is 20.3. The average molecular weight is 381 g/mol. The van der Waals surface area contributed by atoms with Crippen LogP contribution in [0.4, 0.5) is 0 Å². The molecule has 0 aliphatic carbocycles. The summed E-state index contributed by atoms with van der Waals surface area (Å²) in [6.45, 7) is 6.22. The maximum absolute atomic E-state index is 11.9. The summed E-state index contributed by atoms with van der Waals surface area (Å²) in [4.78, 5) is 23.4. The third-order valence-electron chi connectivity index (χ3n) is 4.37. The van der Waals surface area contributed by atoms with Crippen molar-refractivity contribution in [2.45, 2.75) is 33.8 Å². The fourth-order valence-electron chi connectivity index (χ4n) is 3.13. The maximum Gasteiger partial charge on any atom is 0.310 e. The average Bonchev–Trinajstić information content (AvgIpc) is 3.01. The van der Waals surface area contributed by atoms with Crippen LogP contribution >= 0.6 is 0 Å². The van der Waals surface area contributed by atoms with E-state index in [2.05, 4.69) is 0 Å². The van der Waals surface area contributed by atoms with E-state index < -0.39 is 5.91 Å². The van der Waals surface area contributed by atoms with Crippen molar-refractivity contribution >= 4 is 22.8 Å². The number of primary amides is 1. The van der Waals surface area contributed by atoms with Gasteiger partial charge in [-0.2, -0.15) is 0 Å². The van der Waals surface area contributed by atoms with Crippen LogP contribution in [-0.4, -0.2) is 18.5 Å². The fourth-order valence-corrected chi connectivity index (χ4v) is 3.13. The number of aryl methyl sites for hydroxylation is 2. The highest BCUT2D eigenvalue weighted by atomic mass is 16.5. The molecule has 1 amide bonds. The van der Waals surface area contributed by atoms with Gasteiger partial charge in [-0.3, -0.25) is 9.59 Å². The Bertz CT molecular complexity index is 1030. The van der Waals surface area contributed by atoms with Crippen LogP contribution in [0.1, 0.15) is 39.7 Å². The fraction of sp³-hybridized carbons (Fsp3) is 0.273. The lowest BCUT2D eigenvalue weighted by Crippen LogP contribution is -2.13. The number of benzene rings is 2. The molecule has 2 N–H and O–H groups in total. The first-order valence-corrected chi connectivity index (χ1v) is 9.08. The SMILES string of the molecule is CCOC(=O)Cc1ccc(C(N)=O)cc1OCc1cc(C)c2oc(C)cc2c1. The minimum absolute atomic E-state index is 0.0567. The topological polar surface area (TPSA) is 91.8 Å². The van der Waals surface area contributed by atoms with Gasteiger partial charge < -0.3 is 19.6 Å². The molecule has 3 rings (SSSR count).